The molecule has 106 valence electrons. The molecule has 0 aliphatic carbocycles. The van der Waals surface area contributed by atoms with Gasteiger partial charge in [0, 0.05) is 45.5 Å². The fourth-order valence-corrected chi connectivity index (χ4v) is 1.68. The monoisotopic (exact) mass is 263 g/mol. The highest BCUT2D eigenvalue weighted by atomic mass is 15.2. The molecule has 0 aromatic carbocycles. The lowest BCUT2D eigenvalue weighted by Gasteiger charge is -2.19. The Bertz CT molecular complexity index is 414. The molecule has 0 spiro atoms. The van der Waals surface area contributed by atoms with Gasteiger partial charge < -0.3 is 15.5 Å². The Hall–Kier alpha value is -1.78. The highest BCUT2D eigenvalue weighted by molar-refractivity contribution is 5.80. The van der Waals surface area contributed by atoms with Crippen LogP contribution in [-0.2, 0) is 6.54 Å². The second-order valence-corrected chi connectivity index (χ2v) is 4.76. The van der Waals surface area contributed by atoms with Gasteiger partial charge in [0.25, 0.3) is 0 Å². The lowest BCUT2D eigenvalue weighted by Crippen LogP contribution is -2.41. The smallest absolute Gasteiger partial charge is 0.191 e. The zero-order valence-electron chi connectivity index (χ0n) is 12.6. The average molecular weight is 263 g/mol. The number of anilines is 1. The van der Waals surface area contributed by atoms with Crippen molar-refractivity contribution < 1.29 is 0 Å². The van der Waals surface area contributed by atoms with Gasteiger partial charge in [-0.05, 0) is 19.4 Å². The molecule has 1 unspecified atom stereocenters. The van der Waals surface area contributed by atoms with Crippen LogP contribution in [0.5, 0.6) is 0 Å². The second-order valence-electron chi connectivity index (χ2n) is 4.76. The van der Waals surface area contributed by atoms with Crippen molar-refractivity contribution in [3.8, 4) is 0 Å². The largest absolute Gasteiger partial charge is 0.362 e. The van der Waals surface area contributed by atoms with Gasteiger partial charge in [0.1, 0.15) is 5.82 Å². The van der Waals surface area contributed by atoms with Crippen molar-refractivity contribution in [1.82, 2.24) is 15.6 Å². The van der Waals surface area contributed by atoms with Crippen molar-refractivity contribution in [2.24, 2.45) is 4.99 Å². The third-order valence-corrected chi connectivity index (χ3v) is 2.96. The van der Waals surface area contributed by atoms with E-state index in [1.807, 2.05) is 31.3 Å². The average Bonchev–Trinajstić information content (AvgIpc) is 2.43. The SMILES string of the molecule is CCC(C)NC(=NC)NCc1cccnc1N(C)C. The van der Waals surface area contributed by atoms with E-state index >= 15 is 0 Å². The molecule has 5 heteroatoms. The summed E-state index contributed by atoms with van der Waals surface area (Å²) in [6.45, 7) is 5.00. The van der Waals surface area contributed by atoms with Crippen LogP contribution in [0.15, 0.2) is 23.3 Å². The Morgan fingerprint density at radius 2 is 2.21 bits per heavy atom. The third kappa shape index (κ3) is 4.77. The maximum absolute atomic E-state index is 4.38. The first-order valence-electron chi connectivity index (χ1n) is 6.66. The summed E-state index contributed by atoms with van der Waals surface area (Å²) in [4.78, 5) is 10.6. The van der Waals surface area contributed by atoms with Gasteiger partial charge in [-0.1, -0.05) is 13.0 Å². The number of hydrogen-bond donors (Lipinski definition) is 2. The van der Waals surface area contributed by atoms with E-state index in [-0.39, 0.29) is 0 Å². The molecule has 1 heterocycles. The summed E-state index contributed by atoms with van der Waals surface area (Å²) in [5.74, 6) is 1.80. The van der Waals surface area contributed by atoms with Crippen molar-refractivity contribution in [2.45, 2.75) is 32.9 Å². The Morgan fingerprint density at radius 3 is 2.79 bits per heavy atom. The Labute approximate surface area is 116 Å². The molecule has 19 heavy (non-hydrogen) atoms. The molecule has 0 radical (unpaired) electrons. The molecule has 0 aliphatic rings. The molecule has 1 rings (SSSR count). The summed E-state index contributed by atoms with van der Waals surface area (Å²) < 4.78 is 0. The molecule has 5 nitrogen and oxygen atoms in total. The predicted molar refractivity (Wildman–Crippen MR) is 81.7 cm³/mol. The third-order valence-electron chi connectivity index (χ3n) is 2.96. The number of guanidine groups is 1. The van der Waals surface area contributed by atoms with Crippen LogP contribution in [0.1, 0.15) is 25.8 Å². The zero-order valence-corrected chi connectivity index (χ0v) is 12.6. The quantitative estimate of drug-likeness (QED) is 0.626. The van der Waals surface area contributed by atoms with Crippen LogP contribution < -0.4 is 15.5 Å². The fraction of sp³-hybridized carbons (Fsp3) is 0.571. The lowest BCUT2D eigenvalue weighted by molar-refractivity contribution is 0.624. The van der Waals surface area contributed by atoms with Crippen molar-refractivity contribution in [3.63, 3.8) is 0 Å². The first kappa shape index (κ1) is 15.3. The van der Waals surface area contributed by atoms with Gasteiger partial charge in [0.2, 0.25) is 0 Å². The van der Waals surface area contributed by atoms with Gasteiger partial charge in [0.15, 0.2) is 5.96 Å². The fourth-order valence-electron chi connectivity index (χ4n) is 1.68. The van der Waals surface area contributed by atoms with Crippen LogP contribution in [0.3, 0.4) is 0 Å². The first-order valence-corrected chi connectivity index (χ1v) is 6.66. The summed E-state index contributed by atoms with van der Waals surface area (Å²) in [5.41, 5.74) is 1.15. The molecule has 0 amide bonds. The number of aromatic nitrogens is 1. The summed E-state index contributed by atoms with van der Waals surface area (Å²) >= 11 is 0. The number of rotatable bonds is 5. The first-order chi connectivity index (χ1) is 9.08. The zero-order chi connectivity index (χ0) is 14.3. The van der Waals surface area contributed by atoms with Gasteiger partial charge in [-0.3, -0.25) is 4.99 Å². The van der Waals surface area contributed by atoms with Crippen LogP contribution in [0.2, 0.25) is 0 Å². The number of aliphatic imine (C=N–C) groups is 1. The molecule has 0 aliphatic heterocycles. The molecule has 0 fully saturated rings. The van der Waals surface area contributed by atoms with Crippen LogP contribution >= 0.6 is 0 Å². The lowest BCUT2D eigenvalue weighted by atomic mass is 10.2. The second kappa shape index (κ2) is 7.61. The van der Waals surface area contributed by atoms with E-state index < -0.39 is 0 Å². The van der Waals surface area contributed by atoms with Crippen molar-refractivity contribution in [3.05, 3.63) is 23.9 Å². The van der Waals surface area contributed by atoms with Gasteiger partial charge >= 0.3 is 0 Å². The molecule has 0 bridgehead atoms. The molecule has 1 atom stereocenters. The highest BCUT2D eigenvalue weighted by Gasteiger charge is 2.07. The van der Waals surface area contributed by atoms with Gasteiger partial charge in [-0.15, -0.1) is 0 Å². The van der Waals surface area contributed by atoms with Crippen molar-refractivity contribution >= 4 is 11.8 Å². The maximum Gasteiger partial charge on any atom is 0.191 e. The van der Waals surface area contributed by atoms with Crippen LogP contribution in [0, 0.1) is 0 Å². The number of nitrogens with zero attached hydrogens (tertiary/aromatic N) is 3. The summed E-state index contributed by atoms with van der Waals surface area (Å²) in [6, 6.07) is 4.44. The molecule has 1 aromatic rings. The Morgan fingerprint density at radius 1 is 1.47 bits per heavy atom. The van der Waals surface area contributed by atoms with E-state index in [2.05, 4.69) is 40.5 Å². The minimum Gasteiger partial charge on any atom is -0.362 e. The molecular weight excluding hydrogens is 238 g/mol. The summed E-state index contributed by atoms with van der Waals surface area (Å²) in [7, 11) is 5.78. The topological polar surface area (TPSA) is 52.6 Å². The molecule has 0 saturated carbocycles. The van der Waals surface area contributed by atoms with E-state index in [0.29, 0.717) is 12.6 Å². The molecule has 0 saturated heterocycles. The summed E-state index contributed by atoms with van der Waals surface area (Å²) in [5, 5.41) is 6.66. The van der Waals surface area contributed by atoms with Gasteiger partial charge in [-0.25, -0.2) is 4.98 Å². The standard InChI is InChI=1S/C14H25N5/c1-6-11(2)18-14(15-3)17-10-12-8-7-9-16-13(12)19(4)5/h7-9,11H,6,10H2,1-5H3,(H2,15,17,18). The molecular formula is C14H25N5. The van der Waals surface area contributed by atoms with E-state index in [1.54, 1.807) is 7.05 Å². The molecule has 2 N–H and O–H groups in total. The highest BCUT2D eigenvalue weighted by Crippen LogP contribution is 2.13. The van der Waals surface area contributed by atoms with Gasteiger partial charge in [-0.2, -0.15) is 0 Å². The summed E-state index contributed by atoms with van der Waals surface area (Å²) in [6.07, 6.45) is 2.88. The Balaban J connectivity index is 2.65. The van der Waals surface area contributed by atoms with Crippen LogP contribution in [0.25, 0.3) is 0 Å². The number of pyridine rings is 1. The van der Waals surface area contributed by atoms with E-state index in [0.717, 1.165) is 23.8 Å². The predicted octanol–water partition coefficient (Wildman–Crippen LogP) is 1.61. The van der Waals surface area contributed by atoms with Crippen LogP contribution in [-0.4, -0.2) is 38.1 Å². The van der Waals surface area contributed by atoms with E-state index in [4.69, 9.17) is 0 Å². The van der Waals surface area contributed by atoms with E-state index in [1.165, 1.54) is 0 Å². The maximum atomic E-state index is 4.38. The van der Waals surface area contributed by atoms with E-state index in [9.17, 15) is 0 Å². The normalized spacial score (nSPS) is 13.0. The number of nitrogens with one attached hydrogen (secondary N) is 2. The minimum atomic E-state index is 0.411. The van der Waals surface area contributed by atoms with Crippen molar-refractivity contribution in [2.75, 3.05) is 26.0 Å². The van der Waals surface area contributed by atoms with Crippen molar-refractivity contribution in [1.29, 1.82) is 0 Å². The number of hydrogen-bond acceptors (Lipinski definition) is 3. The van der Waals surface area contributed by atoms with Gasteiger partial charge in [0.05, 0.1) is 0 Å². The van der Waals surface area contributed by atoms with Crippen LogP contribution in [0.4, 0.5) is 5.82 Å². The minimum absolute atomic E-state index is 0.411. The molecule has 1 aromatic heterocycles. The Kier molecular flexibility index (Phi) is 6.12.